The van der Waals surface area contributed by atoms with Crippen LogP contribution >= 0.6 is 34.0 Å². The second-order valence-corrected chi connectivity index (χ2v) is 26.1. The Bertz CT molecular complexity index is 3410. The highest BCUT2D eigenvalue weighted by Crippen LogP contribution is 2.32. The number of aromatic hydroxyl groups is 1. The minimum absolute atomic E-state index is 0.00700. The van der Waals surface area contributed by atoms with Crippen molar-refractivity contribution < 1.29 is 48.0 Å². The molecule has 6 aromatic rings. The fraction of sp³-hybridized carbons (Fsp3) is 0.467. The Morgan fingerprint density at radius 2 is 1.34 bits per heavy atom. The lowest BCUT2D eigenvalue weighted by atomic mass is 9.91. The Kier molecular flexibility index (Phi) is 30.0. The molecule has 498 valence electrons. The van der Waals surface area contributed by atoms with Crippen LogP contribution in [0, 0.1) is 12.8 Å². The van der Waals surface area contributed by atoms with Crippen molar-refractivity contribution in [3.05, 3.63) is 110 Å². The largest absolute Gasteiger partial charge is 0.508 e. The molecule has 20 N–H and O–H groups in total. The van der Waals surface area contributed by atoms with Gasteiger partial charge in [0, 0.05) is 83.4 Å². The Balaban J connectivity index is 1.08. The van der Waals surface area contributed by atoms with Gasteiger partial charge in [-0.3, -0.25) is 37.8 Å². The van der Waals surface area contributed by atoms with E-state index in [0.29, 0.717) is 62.7 Å². The Morgan fingerprint density at radius 1 is 0.685 bits per heavy atom. The highest BCUT2D eigenvalue weighted by atomic mass is 32.2. The predicted octanol–water partition coefficient (Wildman–Crippen LogP) is 0.201. The fourth-order valence-corrected chi connectivity index (χ4v) is 12.3. The standard InChI is InChI=1S/C60H84N18O10S4/c1-34-49(77-53(78-51(34)64)42(29-47(63)80)70-30-39(62)52(65)82)58(87)72-40(18-26-92(3)88)57(86)73-41(27-36-11-5-4-6-12-36)50(81)35(2)54(83)74-43(28-37-13-15-38(79)16-14-37)55(84)69-25-17-48-71-45(32-89-48)59-76-46(33-91-59)60-75-44(31-90-60)56(85)68-24-10-23-67-21-8-7-20-66-22-9-19-61/h4-6,11-16,31-33,35,39-43,50,66-67,70,79,81H,7-10,17-30,61-62H2,1-3H3,(H2,63,80)(H2,65,82)(H,68,85)(H,69,84)(H,72,87)(H,73,86)(H,74,83)(H2,64,77,78)/t35-,39-,40-,41+,42-,43-,50-,92?/m0/s1. The number of hydrogen-bond acceptors (Lipinski definition) is 24. The maximum Gasteiger partial charge on any atom is 0.271 e. The number of hydrogen-bond donors (Lipinski definition) is 15. The lowest BCUT2D eigenvalue weighted by molar-refractivity contribution is -0.134. The third-order valence-electron chi connectivity index (χ3n) is 14.6. The molecule has 28 nitrogen and oxygen atoms in total. The normalized spacial score (nSPS) is 14.0. The van der Waals surface area contributed by atoms with E-state index in [1.807, 2.05) is 10.8 Å². The lowest BCUT2D eigenvalue weighted by Crippen LogP contribution is -2.57. The summed E-state index contributed by atoms with van der Waals surface area (Å²) in [6, 6.07) is 8.89. The van der Waals surface area contributed by atoms with E-state index in [2.05, 4.69) is 57.5 Å². The average Bonchev–Trinajstić information content (AvgIpc) is 1.25. The van der Waals surface area contributed by atoms with Crippen molar-refractivity contribution in [3.8, 4) is 27.2 Å². The predicted molar refractivity (Wildman–Crippen MR) is 355 cm³/mol. The molecular weight excluding hydrogens is 1260 g/mol. The molecule has 1 unspecified atom stereocenters. The van der Waals surface area contributed by atoms with Gasteiger partial charge >= 0.3 is 0 Å². The number of carbonyl (C=O) groups excluding carboxylic acids is 7. The SMILES string of the molecule is Cc1c(N)nc([C@H](CC(N)=O)NC[C@H](N)C(N)=O)nc1C(=O)N[C@@H](CCS(C)=O)C(=O)N[C@H](Cc1ccccc1)[C@@H](O)[C@H](C)C(=O)N[C@@H](Cc1ccc(O)cc1)C(=O)NCCc1nc(-c2nc(-c3nc(C(=O)NCCCNCCCCNCCCN)cs3)cs2)cs1. The second-order valence-electron chi connectivity index (χ2n) is 21.9. The van der Waals surface area contributed by atoms with Crippen molar-refractivity contribution in [1.82, 2.24) is 67.5 Å². The number of nitrogens with two attached hydrogens (primary N) is 5. The first-order valence-electron chi connectivity index (χ1n) is 30.1. The first-order chi connectivity index (χ1) is 44.1. The van der Waals surface area contributed by atoms with Crippen molar-refractivity contribution >= 4 is 92.0 Å². The molecule has 0 bridgehead atoms. The van der Waals surface area contributed by atoms with E-state index in [0.717, 1.165) is 51.9 Å². The Hall–Kier alpha value is -7.79. The van der Waals surface area contributed by atoms with Crippen molar-refractivity contribution in [2.75, 3.05) is 70.1 Å². The molecule has 0 aliphatic carbocycles. The topological polar surface area (TPSA) is 468 Å². The van der Waals surface area contributed by atoms with Crippen molar-refractivity contribution in [1.29, 1.82) is 0 Å². The van der Waals surface area contributed by atoms with Crippen LogP contribution in [0.4, 0.5) is 5.82 Å². The van der Waals surface area contributed by atoms with Crippen LogP contribution in [-0.2, 0) is 54.0 Å². The summed E-state index contributed by atoms with van der Waals surface area (Å²) in [5, 5.41) is 53.3. The Labute approximate surface area is 548 Å². The quantitative estimate of drug-likeness (QED) is 0.0228. The van der Waals surface area contributed by atoms with Gasteiger partial charge in [0.05, 0.1) is 35.2 Å². The summed E-state index contributed by atoms with van der Waals surface area (Å²) in [6.45, 7) is 7.63. The molecule has 4 heterocycles. The van der Waals surface area contributed by atoms with E-state index in [-0.39, 0.29) is 72.7 Å². The van der Waals surface area contributed by atoms with Crippen LogP contribution in [0.5, 0.6) is 5.75 Å². The van der Waals surface area contributed by atoms with Gasteiger partial charge in [-0.1, -0.05) is 49.4 Å². The van der Waals surface area contributed by atoms with Crippen molar-refractivity contribution in [2.45, 2.75) is 108 Å². The minimum Gasteiger partial charge on any atom is -0.508 e. The number of amides is 7. The molecule has 92 heavy (non-hydrogen) atoms. The summed E-state index contributed by atoms with van der Waals surface area (Å²) >= 11 is 4.09. The number of aliphatic hydroxyl groups excluding tert-OH is 1. The number of aliphatic hydroxyl groups is 1. The maximum atomic E-state index is 14.5. The summed E-state index contributed by atoms with van der Waals surface area (Å²) in [7, 11) is -1.45. The number of thiazole rings is 3. The first kappa shape index (κ1) is 73.3. The number of nitrogen functional groups attached to an aromatic ring is 1. The number of rotatable bonds is 41. The number of phenolic OH excluding ortho intramolecular Hbond substituents is 1. The zero-order valence-electron chi connectivity index (χ0n) is 51.6. The van der Waals surface area contributed by atoms with E-state index in [1.165, 1.54) is 66.2 Å². The van der Waals surface area contributed by atoms with E-state index < -0.39 is 94.9 Å². The number of aromatic nitrogens is 5. The third kappa shape index (κ3) is 23.7. The van der Waals surface area contributed by atoms with Crippen LogP contribution in [0.3, 0.4) is 0 Å². The van der Waals surface area contributed by atoms with E-state index >= 15 is 0 Å². The molecule has 0 spiro atoms. The summed E-state index contributed by atoms with van der Waals surface area (Å²) in [6.07, 6.45) is 3.46. The monoisotopic (exact) mass is 1340 g/mol. The molecule has 4 aromatic heterocycles. The van der Waals surface area contributed by atoms with Crippen molar-refractivity contribution in [2.24, 2.45) is 28.9 Å². The van der Waals surface area contributed by atoms with Crippen LogP contribution in [0.25, 0.3) is 21.4 Å². The molecule has 0 aliphatic heterocycles. The van der Waals surface area contributed by atoms with E-state index in [4.69, 9.17) is 38.6 Å². The summed E-state index contributed by atoms with van der Waals surface area (Å²) in [5.41, 5.74) is 31.0. The van der Waals surface area contributed by atoms with Crippen LogP contribution < -0.4 is 71.2 Å². The molecule has 2 aromatic carbocycles. The maximum absolute atomic E-state index is 14.5. The molecule has 0 radical (unpaired) electrons. The molecule has 0 saturated heterocycles. The van der Waals surface area contributed by atoms with E-state index in [9.17, 15) is 48.0 Å². The molecule has 6 rings (SSSR count). The smallest absolute Gasteiger partial charge is 0.271 e. The van der Waals surface area contributed by atoms with Gasteiger partial charge in [-0.25, -0.2) is 24.9 Å². The zero-order valence-corrected chi connectivity index (χ0v) is 54.9. The summed E-state index contributed by atoms with van der Waals surface area (Å²) in [4.78, 5) is 117. The number of anilines is 1. The molecule has 0 aliphatic rings. The third-order valence-corrected chi connectivity index (χ3v) is 18.0. The highest BCUT2D eigenvalue weighted by Gasteiger charge is 2.36. The molecule has 7 amide bonds. The van der Waals surface area contributed by atoms with Gasteiger partial charge in [-0.15, -0.1) is 34.0 Å². The molecule has 0 saturated carbocycles. The number of carbonyl (C=O) groups is 7. The minimum atomic E-state index is -1.61. The van der Waals surface area contributed by atoms with Gasteiger partial charge in [0.15, 0.2) is 0 Å². The van der Waals surface area contributed by atoms with E-state index in [1.54, 1.807) is 47.8 Å². The number of benzene rings is 2. The van der Waals surface area contributed by atoms with Crippen LogP contribution in [0.15, 0.2) is 70.7 Å². The van der Waals surface area contributed by atoms with Crippen LogP contribution in [-0.4, -0.2) is 175 Å². The Morgan fingerprint density at radius 3 is 2.02 bits per heavy atom. The molecular formula is C60H84N18O10S4. The van der Waals surface area contributed by atoms with Gasteiger partial charge < -0.3 is 81.4 Å². The first-order valence-corrected chi connectivity index (χ1v) is 34.4. The number of nitrogens with zero attached hydrogens (tertiary/aromatic N) is 5. The number of unbranched alkanes of at least 4 members (excludes halogenated alkanes) is 1. The number of phenols is 1. The highest BCUT2D eigenvalue weighted by molar-refractivity contribution is 7.84. The molecule has 8 atom stereocenters. The zero-order chi connectivity index (χ0) is 66.7. The fourth-order valence-electron chi connectivity index (χ4n) is 9.23. The lowest BCUT2D eigenvalue weighted by Gasteiger charge is -2.31. The summed E-state index contributed by atoms with van der Waals surface area (Å²) < 4.78 is 12.5. The van der Waals surface area contributed by atoms with Crippen LogP contribution in [0.1, 0.15) is 100.0 Å². The number of nitrogens with one attached hydrogen (secondary N) is 8. The van der Waals surface area contributed by atoms with Crippen LogP contribution in [0.2, 0.25) is 0 Å². The van der Waals surface area contributed by atoms with Crippen molar-refractivity contribution in [3.63, 3.8) is 0 Å². The second kappa shape index (κ2) is 37.7. The van der Waals surface area contributed by atoms with Gasteiger partial charge in [0.2, 0.25) is 29.5 Å². The van der Waals surface area contributed by atoms with Gasteiger partial charge in [-0.05, 0) is 101 Å². The van der Waals surface area contributed by atoms with Gasteiger partial charge in [0.25, 0.3) is 11.8 Å². The van der Waals surface area contributed by atoms with Gasteiger partial charge in [0.1, 0.15) is 62.3 Å². The van der Waals surface area contributed by atoms with Gasteiger partial charge in [-0.2, -0.15) is 0 Å². The number of primary amides is 2. The average molecular weight is 1350 g/mol. The molecule has 32 heteroatoms. The summed E-state index contributed by atoms with van der Waals surface area (Å²) in [5.74, 6) is -6.56. The molecule has 0 fully saturated rings.